The third-order valence-corrected chi connectivity index (χ3v) is 4.20. The monoisotopic (exact) mass is 286 g/mol. The molecule has 7 nitrogen and oxygen atoms in total. The maximum atomic E-state index is 12.0. The lowest BCUT2D eigenvalue weighted by Gasteiger charge is -2.16. The first kappa shape index (κ1) is 12.6. The fourth-order valence-electron chi connectivity index (χ4n) is 3.02. The SMILES string of the molecule is Cc1cc(NCC2CC(=O)N(C3CC3)C2)c2nncn2n1. The van der Waals surface area contributed by atoms with Crippen molar-refractivity contribution in [2.24, 2.45) is 5.92 Å². The minimum absolute atomic E-state index is 0.308. The number of carbonyl (C=O) groups is 1. The Morgan fingerprint density at radius 1 is 1.43 bits per heavy atom. The van der Waals surface area contributed by atoms with Gasteiger partial charge in [0.05, 0.1) is 11.4 Å². The molecule has 1 aliphatic carbocycles. The summed E-state index contributed by atoms with van der Waals surface area (Å²) in [6.45, 7) is 3.60. The summed E-state index contributed by atoms with van der Waals surface area (Å²) in [5, 5.41) is 15.7. The lowest BCUT2D eigenvalue weighted by Crippen LogP contribution is -2.28. The van der Waals surface area contributed by atoms with E-state index >= 15 is 0 Å². The molecule has 1 saturated carbocycles. The number of amides is 1. The second-order valence-electron chi connectivity index (χ2n) is 6.03. The second-order valence-corrected chi connectivity index (χ2v) is 6.03. The Balaban J connectivity index is 1.46. The molecule has 21 heavy (non-hydrogen) atoms. The number of aromatic nitrogens is 4. The topological polar surface area (TPSA) is 75.4 Å². The fourth-order valence-corrected chi connectivity index (χ4v) is 3.02. The molecule has 0 aromatic carbocycles. The van der Waals surface area contributed by atoms with Gasteiger partial charge in [-0.3, -0.25) is 4.79 Å². The van der Waals surface area contributed by atoms with E-state index < -0.39 is 0 Å². The van der Waals surface area contributed by atoms with Crippen molar-refractivity contribution in [2.45, 2.75) is 32.2 Å². The van der Waals surface area contributed by atoms with Gasteiger partial charge in [-0.05, 0) is 25.8 Å². The molecule has 2 aromatic rings. The molecular formula is C14H18N6O. The summed E-state index contributed by atoms with van der Waals surface area (Å²) in [5.74, 6) is 0.678. The van der Waals surface area contributed by atoms with Gasteiger partial charge >= 0.3 is 0 Å². The van der Waals surface area contributed by atoms with Crippen LogP contribution in [0.15, 0.2) is 12.4 Å². The summed E-state index contributed by atoms with van der Waals surface area (Å²) < 4.78 is 1.67. The second kappa shape index (κ2) is 4.68. The number of fused-ring (bicyclic) bond motifs is 1. The van der Waals surface area contributed by atoms with Crippen LogP contribution in [-0.2, 0) is 4.79 Å². The lowest BCUT2D eigenvalue weighted by atomic mass is 10.1. The van der Waals surface area contributed by atoms with Crippen LogP contribution in [-0.4, -0.2) is 49.7 Å². The molecular weight excluding hydrogens is 268 g/mol. The first-order valence-corrected chi connectivity index (χ1v) is 7.42. The summed E-state index contributed by atoms with van der Waals surface area (Å²) in [4.78, 5) is 14.0. The number of hydrogen-bond acceptors (Lipinski definition) is 5. The molecule has 7 heteroatoms. The summed E-state index contributed by atoms with van der Waals surface area (Å²) in [7, 11) is 0. The Morgan fingerprint density at radius 3 is 3.10 bits per heavy atom. The van der Waals surface area contributed by atoms with Crippen molar-refractivity contribution in [3.05, 3.63) is 18.1 Å². The van der Waals surface area contributed by atoms with Gasteiger partial charge in [0, 0.05) is 31.5 Å². The summed E-state index contributed by atoms with van der Waals surface area (Å²) in [6, 6.07) is 2.49. The number of aryl methyl sites for hydroxylation is 1. The Hall–Kier alpha value is -2.18. The van der Waals surface area contributed by atoms with E-state index in [1.807, 2.05) is 13.0 Å². The van der Waals surface area contributed by atoms with Gasteiger partial charge in [0.25, 0.3) is 0 Å². The zero-order valence-electron chi connectivity index (χ0n) is 12.0. The summed E-state index contributed by atoms with van der Waals surface area (Å²) in [6.07, 6.45) is 4.60. The molecule has 3 heterocycles. The van der Waals surface area contributed by atoms with E-state index in [-0.39, 0.29) is 0 Å². The Kier molecular flexibility index (Phi) is 2.80. The van der Waals surface area contributed by atoms with Crippen molar-refractivity contribution in [2.75, 3.05) is 18.4 Å². The van der Waals surface area contributed by atoms with Crippen molar-refractivity contribution < 1.29 is 4.79 Å². The first-order chi connectivity index (χ1) is 10.2. The van der Waals surface area contributed by atoms with Crippen molar-refractivity contribution in [1.29, 1.82) is 0 Å². The van der Waals surface area contributed by atoms with Crippen molar-refractivity contribution in [1.82, 2.24) is 24.7 Å². The normalized spacial score (nSPS) is 22.2. The van der Waals surface area contributed by atoms with E-state index in [1.54, 1.807) is 10.8 Å². The molecule has 2 fully saturated rings. The van der Waals surface area contributed by atoms with Gasteiger partial charge in [0.15, 0.2) is 0 Å². The quantitative estimate of drug-likeness (QED) is 0.902. The number of anilines is 1. The van der Waals surface area contributed by atoms with Crippen LogP contribution >= 0.6 is 0 Å². The zero-order chi connectivity index (χ0) is 14.4. The molecule has 0 radical (unpaired) electrons. The number of carbonyl (C=O) groups excluding carboxylic acids is 1. The highest BCUT2D eigenvalue weighted by atomic mass is 16.2. The van der Waals surface area contributed by atoms with E-state index in [2.05, 4.69) is 25.5 Å². The largest absolute Gasteiger partial charge is 0.382 e. The molecule has 1 saturated heterocycles. The average molecular weight is 286 g/mol. The maximum Gasteiger partial charge on any atom is 0.223 e. The molecule has 1 aliphatic heterocycles. The Bertz CT molecular complexity index is 692. The van der Waals surface area contributed by atoms with Crippen LogP contribution in [0.3, 0.4) is 0 Å². The number of hydrogen-bond donors (Lipinski definition) is 1. The Labute approximate surface area is 122 Å². The van der Waals surface area contributed by atoms with Gasteiger partial charge in [0.1, 0.15) is 6.33 Å². The Morgan fingerprint density at radius 2 is 2.29 bits per heavy atom. The van der Waals surface area contributed by atoms with E-state index in [0.717, 1.165) is 30.1 Å². The first-order valence-electron chi connectivity index (χ1n) is 7.42. The molecule has 110 valence electrons. The minimum Gasteiger partial charge on any atom is -0.382 e. The minimum atomic E-state index is 0.308. The number of rotatable bonds is 4. The molecule has 4 rings (SSSR count). The predicted octanol–water partition coefficient (Wildman–Crippen LogP) is 0.856. The number of likely N-dealkylation sites (tertiary alicyclic amines) is 1. The van der Waals surface area contributed by atoms with E-state index in [0.29, 0.717) is 24.3 Å². The van der Waals surface area contributed by atoms with Crippen LogP contribution in [0.5, 0.6) is 0 Å². The fraction of sp³-hybridized carbons (Fsp3) is 0.571. The van der Waals surface area contributed by atoms with Gasteiger partial charge in [-0.25, -0.2) is 0 Å². The number of nitrogens with one attached hydrogen (secondary N) is 1. The van der Waals surface area contributed by atoms with Gasteiger partial charge in [-0.2, -0.15) is 9.61 Å². The molecule has 1 atom stereocenters. The lowest BCUT2D eigenvalue weighted by molar-refractivity contribution is -0.128. The van der Waals surface area contributed by atoms with Crippen molar-refractivity contribution in [3.8, 4) is 0 Å². The van der Waals surface area contributed by atoms with E-state index in [4.69, 9.17) is 0 Å². The van der Waals surface area contributed by atoms with Crippen molar-refractivity contribution in [3.63, 3.8) is 0 Å². The molecule has 0 spiro atoms. The highest BCUT2D eigenvalue weighted by molar-refractivity contribution is 5.79. The smallest absolute Gasteiger partial charge is 0.223 e. The average Bonchev–Trinajstić information content (AvgIpc) is 3.07. The maximum absolute atomic E-state index is 12.0. The third-order valence-electron chi connectivity index (χ3n) is 4.20. The standard InChI is InChI=1S/C14H18N6O/c1-9-4-12(14-17-16-8-20(14)18-9)15-6-10-5-13(21)19(7-10)11-2-3-11/h4,8,10-11,15H,2-3,5-7H2,1H3. The third kappa shape index (κ3) is 2.32. The van der Waals surface area contributed by atoms with Gasteiger partial charge in [0.2, 0.25) is 11.6 Å². The van der Waals surface area contributed by atoms with E-state index in [9.17, 15) is 4.79 Å². The molecule has 1 N–H and O–H groups in total. The van der Waals surface area contributed by atoms with Crippen LogP contribution in [0, 0.1) is 12.8 Å². The van der Waals surface area contributed by atoms with Gasteiger partial charge < -0.3 is 10.2 Å². The van der Waals surface area contributed by atoms with Crippen LogP contribution in [0.2, 0.25) is 0 Å². The van der Waals surface area contributed by atoms with Crippen LogP contribution in [0.25, 0.3) is 5.65 Å². The zero-order valence-corrected chi connectivity index (χ0v) is 12.0. The predicted molar refractivity (Wildman–Crippen MR) is 76.9 cm³/mol. The van der Waals surface area contributed by atoms with Gasteiger partial charge in [-0.1, -0.05) is 0 Å². The molecule has 0 bridgehead atoms. The van der Waals surface area contributed by atoms with E-state index in [1.165, 1.54) is 12.8 Å². The molecule has 1 amide bonds. The molecule has 2 aromatic heterocycles. The summed E-state index contributed by atoms with van der Waals surface area (Å²) >= 11 is 0. The summed E-state index contributed by atoms with van der Waals surface area (Å²) in [5.41, 5.74) is 2.56. The van der Waals surface area contributed by atoms with Crippen LogP contribution < -0.4 is 5.32 Å². The van der Waals surface area contributed by atoms with Crippen LogP contribution in [0.1, 0.15) is 25.0 Å². The molecule has 2 aliphatic rings. The number of nitrogens with zero attached hydrogens (tertiary/aromatic N) is 5. The molecule has 1 unspecified atom stereocenters. The van der Waals surface area contributed by atoms with Crippen LogP contribution in [0.4, 0.5) is 5.69 Å². The van der Waals surface area contributed by atoms with Gasteiger partial charge in [-0.15, -0.1) is 10.2 Å². The van der Waals surface area contributed by atoms with Crippen molar-refractivity contribution >= 4 is 17.2 Å². The highest BCUT2D eigenvalue weighted by Gasteiger charge is 2.39. The highest BCUT2D eigenvalue weighted by Crippen LogP contribution is 2.32.